The highest BCUT2D eigenvalue weighted by atomic mass is 15.1. The molecule has 0 N–H and O–H groups in total. The SMILES string of the molecule is c1ccc(-c2ccc(N(c3ccc(-c4cccc5c(-c6ccccc6)c(-c6ccccc6)c6ccccc6c45)cc3)c3c(-c4ccccc4)cccc3-c3ccccc3)c(-c3ccccc3)c2)cc1. The van der Waals surface area contributed by atoms with Gasteiger partial charge >= 0.3 is 0 Å². The van der Waals surface area contributed by atoms with Crippen molar-refractivity contribution in [2.45, 2.75) is 0 Å². The molecule has 0 unspecified atom stereocenters. The number of fused-ring (bicyclic) bond motifs is 3. The van der Waals surface area contributed by atoms with Gasteiger partial charge in [0, 0.05) is 22.4 Å². The first-order valence-electron chi connectivity index (χ1n) is 23.8. The fraction of sp³-hybridized carbons (Fsp3) is 0. The van der Waals surface area contributed by atoms with Crippen molar-refractivity contribution in [2.24, 2.45) is 0 Å². The number of hydrogen-bond donors (Lipinski definition) is 0. The van der Waals surface area contributed by atoms with Crippen LogP contribution in [0.15, 0.2) is 285 Å². The predicted octanol–water partition coefficient (Wildman–Crippen LogP) is 19.1. The van der Waals surface area contributed by atoms with Gasteiger partial charge in [-0.1, -0.05) is 261 Å². The van der Waals surface area contributed by atoms with Gasteiger partial charge in [-0.25, -0.2) is 0 Å². The smallest absolute Gasteiger partial charge is 0.0618 e. The van der Waals surface area contributed by atoms with E-state index in [2.05, 4.69) is 290 Å². The largest absolute Gasteiger partial charge is 0.309 e. The Hall–Kier alpha value is -9.04. The number of anilines is 3. The molecular formula is C68H47N. The number of rotatable bonds is 10. The van der Waals surface area contributed by atoms with Crippen LogP contribution in [0.5, 0.6) is 0 Å². The van der Waals surface area contributed by atoms with Crippen molar-refractivity contribution >= 4 is 38.6 Å². The van der Waals surface area contributed by atoms with E-state index >= 15 is 0 Å². The highest BCUT2D eigenvalue weighted by Gasteiger charge is 2.26. The maximum absolute atomic E-state index is 2.50. The Morgan fingerprint density at radius 2 is 0.594 bits per heavy atom. The quantitative estimate of drug-likeness (QED) is 0.124. The maximum Gasteiger partial charge on any atom is 0.0618 e. The second kappa shape index (κ2) is 18.3. The van der Waals surface area contributed by atoms with E-state index in [9.17, 15) is 0 Å². The van der Waals surface area contributed by atoms with Crippen molar-refractivity contribution in [1.29, 1.82) is 0 Å². The van der Waals surface area contributed by atoms with E-state index in [1.54, 1.807) is 0 Å². The molecule has 0 aliphatic heterocycles. The third-order valence-electron chi connectivity index (χ3n) is 13.5. The van der Waals surface area contributed by atoms with Gasteiger partial charge in [0.25, 0.3) is 0 Å². The number of nitrogens with zero attached hydrogens (tertiary/aromatic N) is 1. The molecule has 0 aliphatic rings. The van der Waals surface area contributed by atoms with Gasteiger partial charge in [-0.2, -0.15) is 0 Å². The van der Waals surface area contributed by atoms with Crippen molar-refractivity contribution in [3.63, 3.8) is 0 Å². The number of hydrogen-bond acceptors (Lipinski definition) is 1. The summed E-state index contributed by atoms with van der Waals surface area (Å²) >= 11 is 0. The summed E-state index contributed by atoms with van der Waals surface area (Å²) in [5.41, 5.74) is 19.8. The zero-order valence-electron chi connectivity index (χ0n) is 38.1. The number of para-hydroxylation sites is 1. The Bertz CT molecular complexity index is 3660. The second-order valence-corrected chi connectivity index (χ2v) is 17.5. The lowest BCUT2D eigenvalue weighted by Gasteiger charge is -2.32. The fourth-order valence-electron chi connectivity index (χ4n) is 10.3. The Kier molecular flexibility index (Phi) is 11.0. The average Bonchev–Trinajstić information content (AvgIpc) is 3.44. The van der Waals surface area contributed by atoms with Crippen molar-refractivity contribution in [3.05, 3.63) is 285 Å². The summed E-state index contributed by atoms with van der Waals surface area (Å²) in [6.07, 6.45) is 0. The standard InChI is InChI=1S/C68H47N/c1-7-23-48(24-8-1)55-43-46-64(63(47-55)51-29-13-4-14-30-51)69(68-58(49-25-9-2-10-26-49)38-22-39-59(68)50-27-11-3-12-28-50)56-44-41-52(42-45-56)57-37-21-40-62-66(54-33-17-6-18-34-54)65(53-31-15-5-16-32-53)60-35-19-20-36-61(60)67(57)62/h1-47H. The van der Waals surface area contributed by atoms with Crippen LogP contribution in [0.2, 0.25) is 0 Å². The van der Waals surface area contributed by atoms with Crippen LogP contribution < -0.4 is 4.90 Å². The summed E-state index contributed by atoms with van der Waals surface area (Å²) in [6.45, 7) is 0. The Labute approximate surface area is 404 Å². The van der Waals surface area contributed by atoms with Crippen LogP contribution in [-0.2, 0) is 0 Å². The zero-order valence-corrected chi connectivity index (χ0v) is 38.1. The Morgan fingerprint density at radius 3 is 1.13 bits per heavy atom. The molecule has 324 valence electrons. The van der Waals surface area contributed by atoms with E-state index in [0.717, 1.165) is 56.0 Å². The molecule has 0 aromatic heterocycles. The minimum absolute atomic E-state index is 1.06. The molecule has 0 amide bonds. The topological polar surface area (TPSA) is 3.24 Å². The van der Waals surface area contributed by atoms with Crippen LogP contribution in [0, 0.1) is 0 Å². The van der Waals surface area contributed by atoms with Gasteiger partial charge < -0.3 is 4.90 Å². The van der Waals surface area contributed by atoms with E-state index in [1.807, 2.05) is 0 Å². The molecule has 12 aromatic carbocycles. The second-order valence-electron chi connectivity index (χ2n) is 17.5. The summed E-state index contributed by atoms with van der Waals surface area (Å²) in [5, 5.41) is 4.96. The van der Waals surface area contributed by atoms with E-state index in [0.29, 0.717) is 0 Å². The molecule has 0 heterocycles. The van der Waals surface area contributed by atoms with E-state index in [1.165, 1.54) is 60.5 Å². The first-order chi connectivity index (χ1) is 34.3. The highest BCUT2D eigenvalue weighted by molar-refractivity contribution is 6.25. The molecule has 1 heteroatoms. The van der Waals surface area contributed by atoms with Gasteiger partial charge in [0.1, 0.15) is 0 Å². The third kappa shape index (κ3) is 7.76. The molecule has 0 atom stereocenters. The summed E-state index contributed by atoms with van der Waals surface area (Å²) < 4.78 is 0. The zero-order chi connectivity index (χ0) is 45.9. The molecule has 0 radical (unpaired) electrons. The molecule has 0 saturated carbocycles. The van der Waals surface area contributed by atoms with Gasteiger partial charge in [0.2, 0.25) is 0 Å². The molecular weight excluding hydrogens is 831 g/mol. The van der Waals surface area contributed by atoms with Crippen LogP contribution in [0.25, 0.3) is 99.4 Å². The lowest BCUT2D eigenvalue weighted by atomic mass is 9.83. The highest BCUT2D eigenvalue weighted by Crippen LogP contribution is 2.51. The minimum Gasteiger partial charge on any atom is -0.309 e. The first-order valence-corrected chi connectivity index (χ1v) is 23.8. The van der Waals surface area contributed by atoms with Gasteiger partial charge in [-0.3, -0.25) is 0 Å². The van der Waals surface area contributed by atoms with Gasteiger partial charge in [0.05, 0.1) is 11.4 Å². The molecule has 12 rings (SSSR count). The Morgan fingerprint density at radius 1 is 0.217 bits per heavy atom. The van der Waals surface area contributed by atoms with Gasteiger partial charge in [0.15, 0.2) is 0 Å². The molecule has 0 aliphatic carbocycles. The maximum atomic E-state index is 2.50. The normalized spacial score (nSPS) is 11.2. The summed E-state index contributed by atoms with van der Waals surface area (Å²) in [4.78, 5) is 2.50. The molecule has 0 spiro atoms. The molecule has 12 aromatic rings. The van der Waals surface area contributed by atoms with Gasteiger partial charge in [-0.15, -0.1) is 0 Å². The van der Waals surface area contributed by atoms with Crippen LogP contribution in [0.3, 0.4) is 0 Å². The first kappa shape index (κ1) is 41.4. The van der Waals surface area contributed by atoms with Crippen LogP contribution >= 0.6 is 0 Å². The van der Waals surface area contributed by atoms with Crippen LogP contribution in [-0.4, -0.2) is 0 Å². The van der Waals surface area contributed by atoms with E-state index < -0.39 is 0 Å². The summed E-state index contributed by atoms with van der Waals surface area (Å²) in [5.74, 6) is 0. The lowest BCUT2D eigenvalue weighted by molar-refractivity contribution is 1.28. The Balaban J connectivity index is 1.12. The minimum atomic E-state index is 1.06. The van der Waals surface area contributed by atoms with Crippen LogP contribution in [0.4, 0.5) is 17.1 Å². The lowest BCUT2D eigenvalue weighted by Crippen LogP contribution is -2.14. The van der Waals surface area contributed by atoms with Crippen molar-refractivity contribution in [2.75, 3.05) is 4.90 Å². The third-order valence-corrected chi connectivity index (χ3v) is 13.5. The van der Waals surface area contributed by atoms with Crippen molar-refractivity contribution < 1.29 is 0 Å². The summed E-state index contributed by atoms with van der Waals surface area (Å²) in [6, 6.07) is 104. The molecule has 0 bridgehead atoms. The monoisotopic (exact) mass is 877 g/mol. The predicted molar refractivity (Wildman–Crippen MR) is 294 cm³/mol. The van der Waals surface area contributed by atoms with Crippen molar-refractivity contribution in [3.8, 4) is 77.9 Å². The molecule has 0 fully saturated rings. The average molecular weight is 878 g/mol. The van der Waals surface area contributed by atoms with E-state index in [-0.39, 0.29) is 0 Å². The molecule has 69 heavy (non-hydrogen) atoms. The fourth-order valence-corrected chi connectivity index (χ4v) is 10.3. The summed E-state index contributed by atoms with van der Waals surface area (Å²) in [7, 11) is 0. The molecule has 0 saturated heterocycles. The van der Waals surface area contributed by atoms with Crippen LogP contribution in [0.1, 0.15) is 0 Å². The van der Waals surface area contributed by atoms with E-state index in [4.69, 9.17) is 0 Å². The van der Waals surface area contributed by atoms with Gasteiger partial charge in [-0.05, 0) is 107 Å². The number of benzene rings is 12. The van der Waals surface area contributed by atoms with Crippen molar-refractivity contribution in [1.82, 2.24) is 0 Å². The molecule has 1 nitrogen and oxygen atoms in total.